The van der Waals surface area contributed by atoms with Crippen molar-refractivity contribution in [2.45, 2.75) is 211 Å². The van der Waals surface area contributed by atoms with Gasteiger partial charge >= 0.3 is 5.97 Å². The zero-order valence-corrected chi connectivity index (χ0v) is 39.5. The Kier molecular flexibility index (Phi) is 13.9. The highest BCUT2D eigenvalue weighted by Crippen LogP contribution is 2.76. The third kappa shape index (κ3) is 7.96. The molecular formula is C48H78O18. The molecule has 8 aliphatic rings. The monoisotopic (exact) mass is 943 g/mol. The van der Waals surface area contributed by atoms with Gasteiger partial charge in [-0.2, -0.15) is 0 Å². The molecule has 11 N–H and O–H groups in total. The van der Waals surface area contributed by atoms with Crippen LogP contribution < -0.4 is 0 Å². The van der Waals surface area contributed by atoms with Crippen molar-refractivity contribution < 1.29 is 89.4 Å². The molecule has 18 nitrogen and oxygen atoms in total. The van der Waals surface area contributed by atoms with E-state index < -0.39 is 135 Å². The number of aliphatic hydroxyl groups excluding tert-OH is 11. The van der Waals surface area contributed by atoms with E-state index in [1.165, 1.54) is 5.57 Å². The average molecular weight is 943 g/mol. The van der Waals surface area contributed by atoms with Crippen LogP contribution in [0, 0.1) is 50.2 Å². The molecule has 0 radical (unpaired) electrons. The van der Waals surface area contributed by atoms with Crippen LogP contribution in [0.1, 0.15) is 113 Å². The lowest BCUT2D eigenvalue weighted by Gasteiger charge is -2.71. The zero-order chi connectivity index (χ0) is 48.3. The van der Waals surface area contributed by atoms with Crippen molar-refractivity contribution in [1.29, 1.82) is 0 Å². The van der Waals surface area contributed by atoms with E-state index in [1.807, 2.05) is 0 Å². The lowest BCUT2D eigenvalue weighted by Crippen LogP contribution is -2.66. The number of ether oxygens (including phenoxy) is 6. The summed E-state index contributed by atoms with van der Waals surface area (Å²) in [6.07, 6.45) is -13.2. The van der Waals surface area contributed by atoms with E-state index in [9.17, 15) is 61.0 Å². The minimum atomic E-state index is -1.69. The minimum Gasteiger partial charge on any atom is -0.432 e. The van der Waals surface area contributed by atoms with Crippen LogP contribution in [-0.2, 0) is 33.2 Å². The summed E-state index contributed by atoms with van der Waals surface area (Å²) in [7, 11) is 0. The zero-order valence-electron chi connectivity index (χ0n) is 39.5. The van der Waals surface area contributed by atoms with Crippen molar-refractivity contribution in [3.05, 3.63) is 11.6 Å². The van der Waals surface area contributed by atoms with E-state index in [2.05, 4.69) is 54.5 Å². The van der Waals surface area contributed by atoms with E-state index in [1.54, 1.807) is 0 Å². The molecule has 18 heteroatoms. The van der Waals surface area contributed by atoms with Gasteiger partial charge in [0.1, 0.15) is 73.2 Å². The number of hydrogen-bond donors (Lipinski definition) is 11. The van der Waals surface area contributed by atoms with Gasteiger partial charge in [-0.15, -0.1) is 0 Å². The van der Waals surface area contributed by atoms with Crippen molar-refractivity contribution in [2.75, 3.05) is 19.8 Å². The first kappa shape index (κ1) is 50.9. The number of fused-ring (bicyclic) bond motifs is 7. The summed E-state index contributed by atoms with van der Waals surface area (Å²) in [5.74, 6) is -0.157. The molecule has 3 aliphatic heterocycles. The van der Waals surface area contributed by atoms with E-state index in [-0.39, 0.29) is 39.4 Å². The van der Waals surface area contributed by atoms with Crippen LogP contribution in [0.5, 0.6) is 0 Å². The normalized spacial score (nSPS) is 53.3. The van der Waals surface area contributed by atoms with Crippen molar-refractivity contribution in [3.8, 4) is 0 Å². The van der Waals surface area contributed by atoms with Gasteiger partial charge in [-0.3, -0.25) is 4.79 Å². The maximum absolute atomic E-state index is 14.7. The van der Waals surface area contributed by atoms with Crippen LogP contribution in [0.2, 0.25) is 0 Å². The molecule has 0 bridgehead atoms. The van der Waals surface area contributed by atoms with Crippen LogP contribution in [0.15, 0.2) is 11.6 Å². The Morgan fingerprint density at radius 1 is 0.621 bits per heavy atom. The van der Waals surface area contributed by atoms with Gasteiger partial charge in [-0.05, 0) is 109 Å². The molecule has 23 atom stereocenters. The third-order valence-corrected chi connectivity index (χ3v) is 19.3. The molecule has 0 aromatic carbocycles. The Labute approximate surface area is 387 Å². The van der Waals surface area contributed by atoms with Crippen LogP contribution in [0.3, 0.4) is 0 Å². The molecule has 3 heterocycles. The fraction of sp³-hybridized carbons (Fsp3) is 0.938. The van der Waals surface area contributed by atoms with Gasteiger partial charge in [0.05, 0.1) is 31.3 Å². The molecule has 0 spiro atoms. The van der Waals surface area contributed by atoms with Crippen molar-refractivity contribution >= 4 is 5.97 Å². The van der Waals surface area contributed by atoms with Gasteiger partial charge in [0.25, 0.3) is 0 Å². The number of rotatable bonds is 9. The van der Waals surface area contributed by atoms with Gasteiger partial charge in [0.2, 0.25) is 6.29 Å². The third-order valence-electron chi connectivity index (χ3n) is 19.3. The van der Waals surface area contributed by atoms with E-state index in [0.29, 0.717) is 19.3 Å². The van der Waals surface area contributed by atoms with Crippen LogP contribution in [0.4, 0.5) is 0 Å². The first-order valence-electron chi connectivity index (χ1n) is 24.3. The predicted molar refractivity (Wildman–Crippen MR) is 230 cm³/mol. The Hall–Kier alpha value is -1.43. The second-order valence-electron chi connectivity index (χ2n) is 23.5. The summed E-state index contributed by atoms with van der Waals surface area (Å²) in [6.45, 7) is 14.4. The molecule has 0 aromatic rings. The summed E-state index contributed by atoms with van der Waals surface area (Å²) < 4.78 is 35.5. The van der Waals surface area contributed by atoms with Gasteiger partial charge in [0.15, 0.2) is 12.6 Å². The number of allylic oxidation sites excluding steroid dienone is 2. The number of carbonyl (C=O) groups excluding carboxylic acids is 1. The summed E-state index contributed by atoms with van der Waals surface area (Å²) in [4.78, 5) is 14.7. The highest BCUT2D eigenvalue weighted by atomic mass is 16.7. The minimum absolute atomic E-state index is 0.0540. The molecule has 7 fully saturated rings. The first-order chi connectivity index (χ1) is 30.8. The lowest BCUT2D eigenvalue weighted by molar-refractivity contribution is -0.345. The fourth-order valence-corrected chi connectivity index (χ4v) is 14.9. The molecule has 8 rings (SSSR count). The topological polar surface area (TPSA) is 295 Å². The molecule has 0 amide bonds. The van der Waals surface area contributed by atoms with Gasteiger partial charge < -0.3 is 84.6 Å². The smallest absolute Gasteiger partial charge is 0.315 e. The highest BCUT2D eigenvalue weighted by Gasteiger charge is 2.70. The Bertz CT molecular complexity index is 1790. The largest absolute Gasteiger partial charge is 0.432 e. The Balaban J connectivity index is 0.995. The molecule has 0 aromatic heterocycles. The molecule has 4 saturated carbocycles. The van der Waals surface area contributed by atoms with Crippen molar-refractivity contribution in [2.24, 2.45) is 50.2 Å². The summed E-state index contributed by atoms with van der Waals surface area (Å²) in [5, 5.41) is 115. The molecule has 3 saturated heterocycles. The summed E-state index contributed by atoms with van der Waals surface area (Å²) >= 11 is 0. The summed E-state index contributed by atoms with van der Waals surface area (Å²) in [5.41, 5.74) is -0.613. The van der Waals surface area contributed by atoms with E-state index in [0.717, 1.165) is 44.9 Å². The van der Waals surface area contributed by atoms with Crippen molar-refractivity contribution in [1.82, 2.24) is 0 Å². The number of hydrogen-bond acceptors (Lipinski definition) is 18. The lowest BCUT2D eigenvalue weighted by atomic mass is 9.33. The quantitative estimate of drug-likeness (QED) is 0.0833. The van der Waals surface area contributed by atoms with Crippen LogP contribution in [0.25, 0.3) is 0 Å². The van der Waals surface area contributed by atoms with Gasteiger partial charge in [0, 0.05) is 0 Å². The molecule has 5 aliphatic carbocycles. The SMILES string of the molecule is CC1(C)CC[C@@]2(C(=O)O[C@@H]3O[C@@H](CO)[C@H](O)[C@@H](O)[C@@H]3O)CC[C@@]3(C)C(=CC[C@@H]4[C@]5(C)CC[C@H](O[C@@H]6O[C@@H](CO[C@H]7O[C@H](CO)[C@@H](O)[C@H](O)[C@H]7O)[C@@H](O)[C@H](O)[C@@H]6O)C(C)(C)[C@H]5CC[C@]43C)[C@H]2C1. The van der Waals surface area contributed by atoms with E-state index >= 15 is 0 Å². The first-order valence-corrected chi connectivity index (χ1v) is 24.3. The number of carbonyl (C=O) groups is 1. The molecular weight excluding hydrogens is 865 g/mol. The Morgan fingerprint density at radius 3 is 1.79 bits per heavy atom. The van der Waals surface area contributed by atoms with Gasteiger partial charge in [-0.25, -0.2) is 0 Å². The second kappa shape index (κ2) is 18.0. The van der Waals surface area contributed by atoms with Gasteiger partial charge in [-0.1, -0.05) is 60.1 Å². The molecule has 66 heavy (non-hydrogen) atoms. The summed E-state index contributed by atoms with van der Waals surface area (Å²) in [6, 6.07) is 0. The predicted octanol–water partition coefficient (Wildman–Crippen LogP) is 0.141. The molecule has 0 unspecified atom stereocenters. The number of aliphatic hydroxyl groups is 11. The molecule has 378 valence electrons. The van der Waals surface area contributed by atoms with E-state index in [4.69, 9.17) is 28.4 Å². The average Bonchev–Trinajstić information content (AvgIpc) is 3.26. The van der Waals surface area contributed by atoms with Crippen LogP contribution >= 0.6 is 0 Å². The maximum Gasteiger partial charge on any atom is 0.315 e. The van der Waals surface area contributed by atoms with Crippen molar-refractivity contribution in [3.63, 3.8) is 0 Å². The second-order valence-corrected chi connectivity index (χ2v) is 23.5. The maximum atomic E-state index is 14.7. The fourth-order valence-electron chi connectivity index (χ4n) is 14.9. The number of esters is 1. The highest BCUT2D eigenvalue weighted by molar-refractivity contribution is 5.79. The standard InChI is InChI=1S/C48H78O18/c1-43(2)14-16-48(42(60)66-41-38(59)34(55)31(52)25(20-50)63-41)17-15-46(6)22(23(48)18-43)8-9-28-45(5)12-11-29(44(3,4)27(45)10-13-47(28,46)7)65-40-37(58)35(56)32(53)26(64-40)21-61-39-36(57)33(54)30(51)24(19-49)62-39/h8,23-41,49-59H,9-21H2,1-7H3/t23-,24-,25+,26+,27-,28-,29+,30-,31+,32-,33+,34-,35+,36-,37+,38+,39+,40+,41+,45-,46+,47-,48-/m1/s1. The van der Waals surface area contributed by atoms with Crippen LogP contribution in [-0.4, -0.2) is 180 Å². The Morgan fingerprint density at radius 2 is 1.17 bits per heavy atom.